The highest BCUT2D eigenvalue weighted by Gasteiger charge is 2.41. The predicted octanol–water partition coefficient (Wildman–Crippen LogP) is 4.48. The molecule has 0 heterocycles. The molecule has 118 valence electrons. The lowest BCUT2D eigenvalue weighted by Crippen LogP contribution is -2.48. The summed E-state index contributed by atoms with van der Waals surface area (Å²) in [4.78, 5) is 0. The van der Waals surface area contributed by atoms with Gasteiger partial charge in [0.05, 0.1) is 11.7 Å². The fourth-order valence-electron chi connectivity index (χ4n) is 3.25. The molecule has 1 N–H and O–H groups in total. The van der Waals surface area contributed by atoms with Crippen LogP contribution in [0, 0.1) is 11.7 Å². The van der Waals surface area contributed by atoms with Crippen LogP contribution in [0.3, 0.4) is 0 Å². The van der Waals surface area contributed by atoms with Gasteiger partial charge in [0, 0.05) is 17.5 Å². The predicted molar refractivity (Wildman–Crippen MR) is 85.8 cm³/mol. The monoisotopic (exact) mass is 358 g/mol. The number of aliphatic hydroxyl groups excluding tert-OH is 1. The van der Waals surface area contributed by atoms with Gasteiger partial charge in [0.2, 0.25) is 0 Å². The molecule has 2 rings (SSSR count). The molecule has 1 unspecified atom stereocenters. The van der Waals surface area contributed by atoms with Crippen molar-refractivity contribution < 1.29 is 14.2 Å². The molecule has 1 saturated carbocycles. The third-order valence-electron chi connectivity index (χ3n) is 4.51. The first kappa shape index (κ1) is 16.9. The van der Waals surface area contributed by atoms with Crippen molar-refractivity contribution in [1.82, 2.24) is 0 Å². The van der Waals surface area contributed by atoms with Crippen molar-refractivity contribution in [2.24, 2.45) is 5.92 Å². The summed E-state index contributed by atoms with van der Waals surface area (Å²) in [5.41, 5.74) is 0.326. The van der Waals surface area contributed by atoms with Gasteiger partial charge in [-0.15, -0.1) is 0 Å². The minimum atomic E-state index is -0.598. The summed E-state index contributed by atoms with van der Waals surface area (Å²) in [6.07, 6.45) is 3.72. The van der Waals surface area contributed by atoms with Crippen molar-refractivity contribution in [2.45, 2.75) is 57.7 Å². The smallest absolute Gasteiger partial charge is 0.124 e. The van der Waals surface area contributed by atoms with E-state index in [9.17, 15) is 9.50 Å². The lowest BCUT2D eigenvalue weighted by molar-refractivity contribution is -0.143. The van der Waals surface area contributed by atoms with Gasteiger partial charge >= 0.3 is 0 Å². The minimum absolute atomic E-state index is 0.283. The van der Waals surface area contributed by atoms with Gasteiger partial charge in [-0.05, 0) is 62.3 Å². The maximum Gasteiger partial charge on any atom is 0.124 e. The van der Waals surface area contributed by atoms with Crippen LogP contribution in [-0.4, -0.2) is 23.4 Å². The topological polar surface area (TPSA) is 29.5 Å². The van der Waals surface area contributed by atoms with Gasteiger partial charge in [-0.25, -0.2) is 4.39 Å². The van der Waals surface area contributed by atoms with Crippen LogP contribution >= 0.6 is 15.9 Å². The molecule has 0 aromatic heterocycles. The minimum Gasteiger partial charge on any atom is -0.390 e. The molecule has 0 aliphatic heterocycles. The van der Waals surface area contributed by atoms with Crippen molar-refractivity contribution in [3.63, 3.8) is 0 Å². The molecular weight excluding hydrogens is 335 g/mol. The largest absolute Gasteiger partial charge is 0.390 e. The van der Waals surface area contributed by atoms with E-state index in [1.165, 1.54) is 12.1 Å². The van der Waals surface area contributed by atoms with Gasteiger partial charge in [-0.1, -0.05) is 22.9 Å². The van der Waals surface area contributed by atoms with E-state index in [2.05, 4.69) is 22.9 Å². The third-order valence-corrected chi connectivity index (χ3v) is 4.97. The van der Waals surface area contributed by atoms with E-state index in [0.29, 0.717) is 23.4 Å². The average Bonchev–Trinajstić information content (AvgIpc) is 2.40. The number of hydrogen-bond acceptors (Lipinski definition) is 2. The van der Waals surface area contributed by atoms with Crippen LogP contribution in [0.1, 0.15) is 45.1 Å². The Balaban J connectivity index is 2.13. The van der Waals surface area contributed by atoms with Crippen molar-refractivity contribution in [2.75, 3.05) is 6.61 Å². The van der Waals surface area contributed by atoms with Crippen LogP contribution in [-0.2, 0) is 11.2 Å². The van der Waals surface area contributed by atoms with Crippen LogP contribution in [0.2, 0.25) is 0 Å². The SMILES string of the molecule is CCOC1(C(O)Cc2cc(F)cc(Br)c2)CCC(C)CC1. The zero-order valence-electron chi connectivity index (χ0n) is 12.7. The Morgan fingerprint density at radius 2 is 2.05 bits per heavy atom. The summed E-state index contributed by atoms with van der Waals surface area (Å²) < 4.78 is 20.1. The fourth-order valence-corrected chi connectivity index (χ4v) is 3.76. The quantitative estimate of drug-likeness (QED) is 0.840. The summed E-state index contributed by atoms with van der Waals surface area (Å²) in [6.45, 7) is 4.80. The number of aliphatic hydroxyl groups is 1. The van der Waals surface area contributed by atoms with Gasteiger partial charge < -0.3 is 9.84 Å². The summed E-state index contributed by atoms with van der Waals surface area (Å²) in [5.74, 6) is 0.406. The highest BCUT2D eigenvalue weighted by molar-refractivity contribution is 9.10. The van der Waals surface area contributed by atoms with Crippen molar-refractivity contribution in [3.05, 3.63) is 34.1 Å². The van der Waals surface area contributed by atoms with Gasteiger partial charge in [0.25, 0.3) is 0 Å². The molecule has 0 radical (unpaired) electrons. The van der Waals surface area contributed by atoms with Crippen molar-refractivity contribution in [1.29, 1.82) is 0 Å². The number of ether oxygens (including phenoxy) is 1. The van der Waals surface area contributed by atoms with E-state index in [1.807, 2.05) is 13.0 Å². The Hall–Kier alpha value is -0.450. The summed E-state index contributed by atoms with van der Waals surface area (Å²) in [7, 11) is 0. The van der Waals surface area contributed by atoms with Crippen LogP contribution in [0.5, 0.6) is 0 Å². The summed E-state index contributed by atoms with van der Waals surface area (Å²) >= 11 is 3.30. The summed E-state index contributed by atoms with van der Waals surface area (Å²) in [6, 6.07) is 4.77. The lowest BCUT2D eigenvalue weighted by atomic mass is 9.75. The first-order valence-corrected chi connectivity index (χ1v) is 8.51. The zero-order valence-corrected chi connectivity index (χ0v) is 14.3. The number of hydrogen-bond donors (Lipinski definition) is 1. The first-order valence-electron chi connectivity index (χ1n) is 7.72. The van der Waals surface area contributed by atoms with E-state index >= 15 is 0 Å². The van der Waals surface area contributed by atoms with E-state index in [1.54, 1.807) is 0 Å². The maximum absolute atomic E-state index is 13.5. The van der Waals surface area contributed by atoms with E-state index in [-0.39, 0.29) is 5.82 Å². The molecule has 1 aromatic carbocycles. The number of halogens is 2. The Labute approximate surface area is 134 Å². The van der Waals surface area contributed by atoms with Crippen molar-refractivity contribution in [3.8, 4) is 0 Å². The second-order valence-corrected chi connectivity index (χ2v) is 7.09. The highest BCUT2D eigenvalue weighted by atomic mass is 79.9. The molecule has 1 aromatic rings. The lowest BCUT2D eigenvalue weighted by Gasteiger charge is -2.42. The van der Waals surface area contributed by atoms with Gasteiger partial charge in [-0.3, -0.25) is 0 Å². The Bertz CT molecular complexity index is 450. The van der Waals surface area contributed by atoms with Gasteiger partial charge in [0.1, 0.15) is 5.82 Å². The summed E-state index contributed by atoms with van der Waals surface area (Å²) in [5, 5.41) is 10.7. The van der Waals surface area contributed by atoms with E-state index in [0.717, 1.165) is 31.2 Å². The number of rotatable bonds is 5. The van der Waals surface area contributed by atoms with Crippen LogP contribution < -0.4 is 0 Å². The second-order valence-electron chi connectivity index (χ2n) is 6.18. The second kappa shape index (κ2) is 7.21. The number of benzene rings is 1. The molecule has 21 heavy (non-hydrogen) atoms. The maximum atomic E-state index is 13.5. The fraction of sp³-hybridized carbons (Fsp3) is 0.647. The Morgan fingerprint density at radius 3 is 2.62 bits per heavy atom. The molecule has 2 nitrogen and oxygen atoms in total. The van der Waals surface area contributed by atoms with E-state index < -0.39 is 11.7 Å². The normalized spacial score (nSPS) is 27.6. The van der Waals surface area contributed by atoms with Crippen LogP contribution in [0.4, 0.5) is 4.39 Å². The van der Waals surface area contributed by atoms with Crippen LogP contribution in [0.15, 0.2) is 22.7 Å². The van der Waals surface area contributed by atoms with Crippen LogP contribution in [0.25, 0.3) is 0 Å². The molecule has 4 heteroatoms. The Kier molecular flexibility index (Phi) is 5.81. The Morgan fingerprint density at radius 1 is 1.38 bits per heavy atom. The van der Waals surface area contributed by atoms with E-state index in [4.69, 9.17) is 4.74 Å². The molecule has 0 bridgehead atoms. The molecule has 1 atom stereocenters. The molecule has 1 fully saturated rings. The average molecular weight is 359 g/mol. The molecule has 1 aliphatic carbocycles. The van der Waals surface area contributed by atoms with Crippen molar-refractivity contribution >= 4 is 15.9 Å². The van der Waals surface area contributed by atoms with Gasteiger partial charge in [0.15, 0.2) is 0 Å². The molecule has 0 saturated heterocycles. The van der Waals surface area contributed by atoms with Gasteiger partial charge in [-0.2, -0.15) is 0 Å². The molecule has 1 aliphatic rings. The first-order chi connectivity index (χ1) is 9.95. The molecular formula is C17H24BrFO2. The molecule has 0 amide bonds. The molecule has 0 spiro atoms. The zero-order chi connectivity index (χ0) is 15.5. The third kappa shape index (κ3) is 4.27. The standard InChI is InChI=1S/C17H24BrFO2/c1-3-21-17(6-4-12(2)5-7-17)16(20)10-13-8-14(18)11-15(19)9-13/h8-9,11-12,16,20H,3-7,10H2,1-2H3. The highest BCUT2D eigenvalue weighted by Crippen LogP contribution is 2.38.